The Labute approximate surface area is 68.6 Å². The lowest BCUT2D eigenvalue weighted by atomic mass is 10.1. The van der Waals surface area contributed by atoms with Crippen LogP contribution >= 0.6 is 22.9 Å². The fraction of sp³-hybridized carbons (Fsp3) is 0.429. The number of rotatable bonds is 1. The lowest BCUT2D eigenvalue weighted by molar-refractivity contribution is -0.0135. The number of thiophene rings is 1. The quantitative estimate of drug-likeness (QED) is 0.594. The highest BCUT2D eigenvalue weighted by Crippen LogP contribution is 2.38. The highest BCUT2D eigenvalue weighted by atomic mass is 35.5. The monoisotopic (exact) mass is 174 g/mol. The van der Waals surface area contributed by atoms with Gasteiger partial charge in [-0.15, -0.1) is 22.9 Å². The van der Waals surface area contributed by atoms with Gasteiger partial charge in [-0.3, -0.25) is 0 Å². The third kappa shape index (κ3) is 0.875. The summed E-state index contributed by atoms with van der Waals surface area (Å²) < 4.78 is 5.04. The van der Waals surface area contributed by atoms with Crippen LogP contribution in [0.15, 0.2) is 17.5 Å². The first-order valence-corrected chi connectivity index (χ1v) is 4.38. The molecule has 0 saturated carbocycles. The van der Waals surface area contributed by atoms with Gasteiger partial charge in [0, 0.05) is 4.88 Å². The van der Waals surface area contributed by atoms with Crippen molar-refractivity contribution in [3.05, 3.63) is 22.4 Å². The molecule has 10 heavy (non-hydrogen) atoms. The van der Waals surface area contributed by atoms with E-state index in [0.717, 1.165) is 0 Å². The summed E-state index contributed by atoms with van der Waals surface area (Å²) in [5, 5.41) is 2.04. The molecule has 2 heterocycles. The molecular weight excluding hydrogens is 168 g/mol. The minimum Gasteiger partial charge on any atom is -0.377 e. The van der Waals surface area contributed by atoms with Gasteiger partial charge in [-0.05, 0) is 11.4 Å². The Bertz CT molecular complexity index is 216. The summed E-state index contributed by atoms with van der Waals surface area (Å²) in [5.74, 6) is 0. The van der Waals surface area contributed by atoms with Crippen LogP contribution in [-0.2, 0) is 9.61 Å². The first-order valence-electron chi connectivity index (χ1n) is 3.12. The molecule has 3 heteroatoms. The van der Waals surface area contributed by atoms with E-state index in [0.29, 0.717) is 13.2 Å². The number of hydrogen-bond acceptors (Lipinski definition) is 2. The molecule has 0 aromatic carbocycles. The summed E-state index contributed by atoms with van der Waals surface area (Å²) in [6.45, 7) is 1.32. The first kappa shape index (κ1) is 6.65. The maximum absolute atomic E-state index is 6.16. The largest absolute Gasteiger partial charge is 0.377 e. The zero-order chi connectivity index (χ0) is 7.03. The van der Waals surface area contributed by atoms with Crippen LogP contribution in [0.1, 0.15) is 4.88 Å². The third-order valence-electron chi connectivity index (χ3n) is 1.62. The summed E-state index contributed by atoms with van der Waals surface area (Å²) in [7, 11) is 0. The van der Waals surface area contributed by atoms with Gasteiger partial charge in [0.05, 0.1) is 13.2 Å². The second kappa shape index (κ2) is 2.22. The number of ether oxygens (including phenoxy) is 1. The molecule has 0 spiro atoms. The van der Waals surface area contributed by atoms with Crippen molar-refractivity contribution in [3.8, 4) is 0 Å². The molecule has 0 atom stereocenters. The maximum atomic E-state index is 6.16. The van der Waals surface area contributed by atoms with Gasteiger partial charge in [-0.2, -0.15) is 0 Å². The Morgan fingerprint density at radius 1 is 1.60 bits per heavy atom. The van der Waals surface area contributed by atoms with Crippen LogP contribution in [0.3, 0.4) is 0 Å². The van der Waals surface area contributed by atoms with E-state index in [2.05, 4.69) is 6.07 Å². The summed E-state index contributed by atoms with van der Waals surface area (Å²) in [4.78, 5) is 1.04. The second-order valence-corrected chi connectivity index (χ2v) is 4.11. The third-order valence-corrected chi connectivity index (χ3v) is 3.23. The topological polar surface area (TPSA) is 9.23 Å². The average Bonchev–Trinajstić information content (AvgIpc) is 2.33. The SMILES string of the molecule is ClC1(c2cccs2)COC1. The van der Waals surface area contributed by atoms with Crippen molar-refractivity contribution >= 4 is 22.9 Å². The Kier molecular flexibility index (Phi) is 1.48. The Morgan fingerprint density at radius 2 is 2.40 bits per heavy atom. The standard InChI is InChI=1S/C7H7ClOS/c8-7(4-9-5-7)6-2-1-3-10-6/h1-3H,4-5H2. The summed E-state index contributed by atoms with van der Waals surface area (Å²) in [5.41, 5.74) is 0. The van der Waals surface area contributed by atoms with Gasteiger partial charge in [-0.25, -0.2) is 0 Å². The fourth-order valence-corrected chi connectivity index (χ4v) is 2.10. The number of halogens is 1. The Morgan fingerprint density at radius 3 is 2.80 bits per heavy atom. The maximum Gasteiger partial charge on any atom is 0.125 e. The Hall–Kier alpha value is -0.0500. The second-order valence-electron chi connectivity index (χ2n) is 2.44. The molecular formula is C7H7ClOS. The number of hydrogen-bond donors (Lipinski definition) is 0. The molecule has 0 aliphatic carbocycles. The van der Waals surface area contributed by atoms with Crippen molar-refractivity contribution in [1.29, 1.82) is 0 Å². The van der Waals surface area contributed by atoms with Gasteiger partial charge in [0.2, 0.25) is 0 Å². The smallest absolute Gasteiger partial charge is 0.125 e. The van der Waals surface area contributed by atoms with Crippen LogP contribution in [0.4, 0.5) is 0 Å². The predicted octanol–water partition coefficient (Wildman–Crippen LogP) is 2.21. The molecule has 0 unspecified atom stereocenters. The molecule has 1 aromatic rings. The van der Waals surface area contributed by atoms with Gasteiger partial charge in [0.1, 0.15) is 4.87 Å². The average molecular weight is 175 g/mol. The molecule has 1 aromatic heterocycles. The van der Waals surface area contributed by atoms with Gasteiger partial charge < -0.3 is 4.74 Å². The highest BCUT2D eigenvalue weighted by molar-refractivity contribution is 7.10. The summed E-state index contributed by atoms with van der Waals surface area (Å²) >= 11 is 7.85. The zero-order valence-corrected chi connectivity index (χ0v) is 6.91. The molecule has 0 amide bonds. The van der Waals surface area contributed by atoms with Gasteiger partial charge >= 0.3 is 0 Å². The molecule has 1 aliphatic heterocycles. The van der Waals surface area contributed by atoms with Crippen LogP contribution in [0.25, 0.3) is 0 Å². The summed E-state index contributed by atoms with van der Waals surface area (Å²) in [6.07, 6.45) is 0. The van der Waals surface area contributed by atoms with Crippen LogP contribution in [0.2, 0.25) is 0 Å². The molecule has 54 valence electrons. The lowest BCUT2D eigenvalue weighted by Gasteiger charge is -2.34. The van der Waals surface area contributed by atoms with Crippen LogP contribution in [0, 0.1) is 0 Å². The molecule has 2 rings (SSSR count). The van der Waals surface area contributed by atoms with Crippen LogP contribution < -0.4 is 0 Å². The lowest BCUT2D eigenvalue weighted by Crippen LogP contribution is -2.40. The highest BCUT2D eigenvalue weighted by Gasteiger charge is 2.38. The Balaban J connectivity index is 2.27. The van der Waals surface area contributed by atoms with Crippen molar-refractivity contribution in [2.24, 2.45) is 0 Å². The molecule has 0 N–H and O–H groups in total. The van der Waals surface area contributed by atoms with E-state index in [1.807, 2.05) is 11.4 Å². The molecule has 0 bridgehead atoms. The van der Waals surface area contributed by atoms with Crippen molar-refractivity contribution < 1.29 is 4.74 Å². The fourth-order valence-electron chi connectivity index (χ4n) is 0.957. The van der Waals surface area contributed by atoms with E-state index < -0.39 is 0 Å². The van der Waals surface area contributed by atoms with Gasteiger partial charge in [0.15, 0.2) is 0 Å². The zero-order valence-electron chi connectivity index (χ0n) is 5.34. The predicted molar refractivity (Wildman–Crippen MR) is 42.7 cm³/mol. The van der Waals surface area contributed by atoms with E-state index in [1.54, 1.807) is 11.3 Å². The number of alkyl halides is 1. The minimum atomic E-state index is -0.186. The molecule has 1 fully saturated rings. The van der Waals surface area contributed by atoms with Crippen molar-refractivity contribution in [3.63, 3.8) is 0 Å². The minimum absolute atomic E-state index is 0.186. The van der Waals surface area contributed by atoms with Crippen molar-refractivity contribution in [2.45, 2.75) is 4.87 Å². The van der Waals surface area contributed by atoms with E-state index in [9.17, 15) is 0 Å². The van der Waals surface area contributed by atoms with Crippen LogP contribution in [-0.4, -0.2) is 13.2 Å². The van der Waals surface area contributed by atoms with Crippen LogP contribution in [0.5, 0.6) is 0 Å². The van der Waals surface area contributed by atoms with Crippen molar-refractivity contribution in [2.75, 3.05) is 13.2 Å². The summed E-state index contributed by atoms with van der Waals surface area (Å²) in [6, 6.07) is 4.07. The van der Waals surface area contributed by atoms with Crippen molar-refractivity contribution in [1.82, 2.24) is 0 Å². The first-order chi connectivity index (χ1) is 4.81. The normalized spacial score (nSPS) is 22.1. The van der Waals surface area contributed by atoms with E-state index in [4.69, 9.17) is 16.3 Å². The van der Waals surface area contributed by atoms with Gasteiger partial charge in [-0.1, -0.05) is 6.07 Å². The van der Waals surface area contributed by atoms with Gasteiger partial charge in [0.25, 0.3) is 0 Å². The van der Waals surface area contributed by atoms with E-state index >= 15 is 0 Å². The molecule has 0 radical (unpaired) electrons. The molecule has 1 nitrogen and oxygen atoms in total. The molecule has 1 aliphatic rings. The van der Waals surface area contributed by atoms with E-state index in [1.165, 1.54) is 4.88 Å². The van der Waals surface area contributed by atoms with E-state index in [-0.39, 0.29) is 4.87 Å². The molecule has 1 saturated heterocycles.